The lowest BCUT2D eigenvalue weighted by Crippen LogP contribution is -2.35. The van der Waals surface area contributed by atoms with E-state index in [9.17, 15) is 14.4 Å². The van der Waals surface area contributed by atoms with Crippen LogP contribution in [0.3, 0.4) is 0 Å². The number of aromatic amines is 1. The Balaban J connectivity index is 2.77. The van der Waals surface area contributed by atoms with Crippen LogP contribution in [0, 0.1) is 0 Å². The van der Waals surface area contributed by atoms with Crippen LogP contribution >= 0.6 is 0 Å². The van der Waals surface area contributed by atoms with E-state index < -0.39 is 11.2 Å². The summed E-state index contributed by atoms with van der Waals surface area (Å²) in [6.45, 7) is 6.09. The molecule has 0 saturated heterocycles. The van der Waals surface area contributed by atoms with Crippen LogP contribution in [-0.4, -0.2) is 28.0 Å². The predicted molar refractivity (Wildman–Crippen MR) is 77.8 cm³/mol. The number of anilines is 2. The molecule has 0 aromatic carbocycles. The first-order valence-electron chi connectivity index (χ1n) is 6.52. The van der Waals surface area contributed by atoms with Crippen molar-refractivity contribution in [1.29, 1.82) is 0 Å². The average molecular weight is 283 g/mol. The van der Waals surface area contributed by atoms with Gasteiger partial charge in [-0.2, -0.15) is 0 Å². The van der Waals surface area contributed by atoms with Crippen molar-refractivity contribution in [2.75, 3.05) is 17.6 Å². The maximum Gasteiger partial charge on any atom is 0.330 e. The van der Waals surface area contributed by atoms with Crippen LogP contribution < -0.4 is 27.6 Å². The first-order chi connectivity index (χ1) is 9.36. The summed E-state index contributed by atoms with van der Waals surface area (Å²) in [5.74, 6) is -0.0446. The SMILES string of the molecule is CCn1c(N)c(NCCC(=O)NC(C)C)c(=O)[nH]c1=O. The minimum Gasteiger partial charge on any atom is -0.383 e. The number of carbonyl (C=O) groups excluding carboxylic acids is 1. The fraction of sp³-hybridized carbons (Fsp3) is 0.583. The van der Waals surface area contributed by atoms with E-state index in [1.807, 2.05) is 13.8 Å². The zero-order chi connectivity index (χ0) is 15.3. The van der Waals surface area contributed by atoms with Gasteiger partial charge in [0.25, 0.3) is 5.56 Å². The first kappa shape index (κ1) is 15.8. The van der Waals surface area contributed by atoms with Crippen molar-refractivity contribution in [2.24, 2.45) is 0 Å². The van der Waals surface area contributed by atoms with Crippen LogP contribution in [0.2, 0.25) is 0 Å². The Morgan fingerprint density at radius 3 is 2.60 bits per heavy atom. The molecule has 1 rings (SSSR count). The first-order valence-corrected chi connectivity index (χ1v) is 6.52. The van der Waals surface area contributed by atoms with Gasteiger partial charge in [-0.05, 0) is 20.8 Å². The Bertz CT molecular complexity index is 588. The van der Waals surface area contributed by atoms with Gasteiger partial charge in [0.2, 0.25) is 5.91 Å². The van der Waals surface area contributed by atoms with Crippen molar-refractivity contribution < 1.29 is 4.79 Å². The Hall–Kier alpha value is -2.25. The third-order valence-corrected chi connectivity index (χ3v) is 2.66. The molecule has 8 heteroatoms. The van der Waals surface area contributed by atoms with E-state index >= 15 is 0 Å². The largest absolute Gasteiger partial charge is 0.383 e. The van der Waals surface area contributed by atoms with Gasteiger partial charge in [0.05, 0.1) is 0 Å². The molecule has 5 N–H and O–H groups in total. The van der Waals surface area contributed by atoms with Crippen molar-refractivity contribution in [3.05, 3.63) is 20.8 Å². The molecule has 112 valence electrons. The number of nitrogens with two attached hydrogens (primary N) is 1. The van der Waals surface area contributed by atoms with Gasteiger partial charge < -0.3 is 16.4 Å². The highest BCUT2D eigenvalue weighted by molar-refractivity contribution is 5.76. The van der Waals surface area contributed by atoms with Gasteiger partial charge in [0, 0.05) is 25.6 Å². The molecule has 0 bridgehead atoms. The van der Waals surface area contributed by atoms with E-state index in [2.05, 4.69) is 15.6 Å². The Morgan fingerprint density at radius 1 is 1.40 bits per heavy atom. The van der Waals surface area contributed by atoms with E-state index in [0.717, 1.165) is 0 Å². The number of rotatable bonds is 6. The molecule has 8 nitrogen and oxygen atoms in total. The van der Waals surface area contributed by atoms with Crippen LogP contribution in [0.25, 0.3) is 0 Å². The molecule has 1 heterocycles. The maximum absolute atomic E-state index is 11.7. The topological polar surface area (TPSA) is 122 Å². The molecule has 0 aliphatic rings. The van der Waals surface area contributed by atoms with Crippen molar-refractivity contribution in [3.63, 3.8) is 0 Å². The third-order valence-electron chi connectivity index (χ3n) is 2.66. The summed E-state index contributed by atoms with van der Waals surface area (Å²) in [5.41, 5.74) is 4.76. The minimum absolute atomic E-state index is 0.0676. The Morgan fingerprint density at radius 2 is 2.05 bits per heavy atom. The molecule has 1 amide bonds. The zero-order valence-corrected chi connectivity index (χ0v) is 11.9. The summed E-state index contributed by atoms with van der Waals surface area (Å²) < 4.78 is 1.25. The molecule has 0 atom stereocenters. The van der Waals surface area contributed by atoms with E-state index in [1.54, 1.807) is 6.92 Å². The lowest BCUT2D eigenvalue weighted by atomic mass is 10.3. The number of carbonyl (C=O) groups is 1. The van der Waals surface area contributed by atoms with E-state index in [4.69, 9.17) is 5.73 Å². The van der Waals surface area contributed by atoms with Gasteiger partial charge in [-0.1, -0.05) is 0 Å². The molecular weight excluding hydrogens is 262 g/mol. The molecule has 0 aliphatic carbocycles. The molecule has 1 aromatic heterocycles. The lowest BCUT2D eigenvalue weighted by molar-refractivity contribution is -0.121. The quantitative estimate of drug-likeness (QED) is 0.559. The summed E-state index contributed by atoms with van der Waals surface area (Å²) in [4.78, 5) is 36.8. The molecule has 1 aromatic rings. The van der Waals surface area contributed by atoms with Crippen molar-refractivity contribution in [2.45, 2.75) is 39.8 Å². The van der Waals surface area contributed by atoms with Gasteiger partial charge in [0.15, 0.2) is 0 Å². The summed E-state index contributed by atoms with van der Waals surface area (Å²) >= 11 is 0. The number of nitrogens with zero attached hydrogens (tertiary/aromatic N) is 1. The zero-order valence-electron chi connectivity index (χ0n) is 11.9. The summed E-state index contributed by atoms with van der Waals surface area (Å²) in [5, 5.41) is 5.54. The van der Waals surface area contributed by atoms with Gasteiger partial charge in [-0.25, -0.2) is 4.79 Å². The maximum atomic E-state index is 11.7. The normalized spacial score (nSPS) is 10.6. The number of H-pyrrole nitrogens is 1. The molecule has 0 spiro atoms. The molecule has 0 radical (unpaired) electrons. The monoisotopic (exact) mass is 283 g/mol. The molecule has 0 fully saturated rings. The van der Waals surface area contributed by atoms with Gasteiger partial charge >= 0.3 is 5.69 Å². The van der Waals surface area contributed by atoms with Gasteiger partial charge in [-0.3, -0.25) is 19.1 Å². The number of hydrogen-bond donors (Lipinski definition) is 4. The predicted octanol–water partition coefficient (Wildman–Crippen LogP) is -0.535. The van der Waals surface area contributed by atoms with Gasteiger partial charge in [0.1, 0.15) is 11.5 Å². The second kappa shape index (κ2) is 6.78. The van der Waals surface area contributed by atoms with E-state index in [-0.39, 0.29) is 36.4 Å². The fourth-order valence-electron chi connectivity index (χ4n) is 1.77. The van der Waals surface area contributed by atoms with Crippen molar-refractivity contribution in [3.8, 4) is 0 Å². The molecule has 20 heavy (non-hydrogen) atoms. The molecule has 0 aliphatic heterocycles. The van der Waals surface area contributed by atoms with Crippen LogP contribution in [0.5, 0.6) is 0 Å². The number of nitrogen functional groups attached to an aromatic ring is 1. The van der Waals surface area contributed by atoms with Crippen LogP contribution in [-0.2, 0) is 11.3 Å². The average Bonchev–Trinajstić information content (AvgIpc) is 2.32. The molecule has 0 unspecified atom stereocenters. The van der Waals surface area contributed by atoms with Crippen LogP contribution in [0.15, 0.2) is 9.59 Å². The lowest BCUT2D eigenvalue weighted by Gasteiger charge is -2.13. The third kappa shape index (κ3) is 3.87. The second-order valence-electron chi connectivity index (χ2n) is 4.66. The second-order valence-corrected chi connectivity index (χ2v) is 4.66. The number of hydrogen-bond acceptors (Lipinski definition) is 5. The van der Waals surface area contributed by atoms with Crippen LogP contribution in [0.1, 0.15) is 27.2 Å². The smallest absolute Gasteiger partial charge is 0.330 e. The van der Waals surface area contributed by atoms with Crippen molar-refractivity contribution in [1.82, 2.24) is 14.9 Å². The highest BCUT2D eigenvalue weighted by Gasteiger charge is 2.11. The summed E-state index contributed by atoms with van der Waals surface area (Å²) in [6, 6.07) is 0.0676. The highest BCUT2D eigenvalue weighted by atomic mass is 16.2. The molecular formula is C12H21N5O3. The Kier molecular flexibility index (Phi) is 5.36. The standard InChI is InChI=1S/C12H21N5O3/c1-4-17-10(13)9(11(19)16-12(17)20)14-6-5-8(18)15-7(2)3/h7,14H,4-6,13H2,1-3H3,(H,15,18)(H,16,19,20). The van der Waals surface area contributed by atoms with Gasteiger partial charge in [-0.15, -0.1) is 0 Å². The summed E-state index contributed by atoms with van der Waals surface area (Å²) in [7, 11) is 0. The number of amides is 1. The number of aromatic nitrogens is 2. The van der Waals surface area contributed by atoms with E-state index in [1.165, 1.54) is 4.57 Å². The minimum atomic E-state index is -0.582. The molecule has 0 saturated carbocycles. The van der Waals surface area contributed by atoms with Crippen molar-refractivity contribution >= 4 is 17.4 Å². The fourth-order valence-corrected chi connectivity index (χ4v) is 1.77. The highest BCUT2D eigenvalue weighted by Crippen LogP contribution is 2.09. The number of nitrogens with one attached hydrogen (secondary N) is 3. The Labute approximate surface area is 116 Å². The van der Waals surface area contributed by atoms with E-state index in [0.29, 0.717) is 6.54 Å². The summed E-state index contributed by atoms with van der Waals surface area (Å²) in [6.07, 6.45) is 0.211. The van der Waals surface area contributed by atoms with Crippen LogP contribution in [0.4, 0.5) is 11.5 Å².